The highest BCUT2D eigenvalue weighted by Crippen LogP contribution is 2.25. The Kier molecular flexibility index (Phi) is 15.8. The number of thiol groups is 2. The van der Waals surface area contributed by atoms with E-state index in [0.29, 0.717) is 16.1 Å². The molecule has 0 fully saturated rings. The highest BCUT2D eigenvalue weighted by atomic mass is 35.5. The third-order valence-electron chi connectivity index (χ3n) is 5.78. The van der Waals surface area contributed by atoms with E-state index in [1.807, 2.05) is 0 Å². The fraction of sp³-hybridized carbons (Fsp3) is 0.692. The van der Waals surface area contributed by atoms with Gasteiger partial charge >= 0.3 is 0 Å². The Hall–Kier alpha value is -0.450. The van der Waals surface area contributed by atoms with Gasteiger partial charge in [0.2, 0.25) is 0 Å². The van der Waals surface area contributed by atoms with Crippen LogP contribution in [0, 0.1) is 0 Å². The van der Waals surface area contributed by atoms with Crippen LogP contribution in [-0.2, 0) is 0 Å². The zero-order chi connectivity index (χ0) is 23.1. The Morgan fingerprint density at radius 3 is 1.61 bits per heavy atom. The molecule has 1 aromatic rings. The Morgan fingerprint density at radius 1 is 0.710 bits per heavy atom. The molecule has 2 atom stereocenters. The Morgan fingerprint density at radius 2 is 1.13 bits per heavy atom. The van der Waals surface area contributed by atoms with Crippen molar-refractivity contribution in [3.05, 3.63) is 34.3 Å². The van der Waals surface area contributed by atoms with Gasteiger partial charge in [0.1, 0.15) is 0 Å². The van der Waals surface area contributed by atoms with E-state index in [-0.39, 0.29) is 11.6 Å². The summed E-state index contributed by atoms with van der Waals surface area (Å²) >= 11 is 15.3. The molecule has 0 saturated carbocycles. The van der Waals surface area contributed by atoms with Crippen LogP contribution in [0.2, 0.25) is 5.02 Å². The number of hydrogen-bond acceptors (Lipinski definition) is 4. The average Bonchev–Trinajstić information content (AvgIpc) is 2.77. The first-order chi connectivity index (χ1) is 14.9. The number of carbonyl (C=O) groups is 2. The highest BCUT2D eigenvalue weighted by molar-refractivity contribution is 7.82. The number of benzene rings is 1. The summed E-state index contributed by atoms with van der Waals surface area (Å²) in [6, 6.07) is 4.97. The van der Waals surface area contributed by atoms with Crippen molar-refractivity contribution in [2.45, 2.75) is 114 Å². The van der Waals surface area contributed by atoms with Gasteiger partial charge in [0.25, 0.3) is 0 Å². The van der Waals surface area contributed by atoms with Crippen LogP contribution < -0.4 is 0 Å². The molecule has 0 spiro atoms. The van der Waals surface area contributed by atoms with Gasteiger partial charge in [0.05, 0.1) is 10.5 Å². The Bertz CT molecular complexity index is 663. The smallest absolute Gasteiger partial charge is 0.176 e. The first kappa shape index (κ1) is 28.6. The molecular formula is C26H41ClO2S2. The average molecular weight is 485 g/mol. The molecule has 0 amide bonds. The Balaban J connectivity index is 2.66. The zero-order valence-electron chi connectivity index (χ0n) is 19.4. The predicted molar refractivity (Wildman–Crippen MR) is 142 cm³/mol. The summed E-state index contributed by atoms with van der Waals surface area (Å²) in [6.45, 7) is 4.41. The lowest BCUT2D eigenvalue weighted by Gasteiger charge is -2.16. The van der Waals surface area contributed by atoms with Crippen LogP contribution >= 0.6 is 36.9 Å². The van der Waals surface area contributed by atoms with E-state index in [0.717, 1.165) is 38.5 Å². The van der Waals surface area contributed by atoms with Crippen molar-refractivity contribution < 1.29 is 9.59 Å². The highest BCUT2D eigenvalue weighted by Gasteiger charge is 2.25. The fourth-order valence-electron chi connectivity index (χ4n) is 3.79. The molecule has 1 aromatic carbocycles. The number of ketones is 2. The molecule has 31 heavy (non-hydrogen) atoms. The van der Waals surface area contributed by atoms with E-state index >= 15 is 0 Å². The maximum absolute atomic E-state index is 13.1. The lowest BCUT2D eigenvalue weighted by atomic mass is 9.94. The molecule has 0 aromatic heterocycles. The minimum atomic E-state index is -0.409. The van der Waals surface area contributed by atoms with Gasteiger partial charge in [-0.2, -0.15) is 25.3 Å². The predicted octanol–water partition coefficient (Wildman–Crippen LogP) is 8.80. The van der Waals surface area contributed by atoms with Crippen molar-refractivity contribution in [3.63, 3.8) is 0 Å². The van der Waals surface area contributed by atoms with Crippen LogP contribution in [0.15, 0.2) is 18.2 Å². The van der Waals surface area contributed by atoms with Gasteiger partial charge in [-0.1, -0.05) is 102 Å². The van der Waals surface area contributed by atoms with Crippen molar-refractivity contribution in [1.82, 2.24) is 0 Å². The second-order valence-corrected chi connectivity index (χ2v) is 10.2. The number of carbonyl (C=O) groups excluding carboxylic acids is 2. The number of halogens is 1. The SMILES string of the molecule is CCCCCCCCC(S)C(=O)c1ccc(Cl)cc1C(=O)C(S)CCCCCCCC. The summed E-state index contributed by atoms with van der Waals surface area (Å²) in [5, 5.41) is -0.337. The summed E-state index contributed by atoms with van der Waals surface area (Å²) in [5.41, 5.74) is 0.827. The van der Waals surface area contributed by atoms with Gasteiger partial charge in [0.15, 0.2) is 11.6 Å². The molecule has 2 nitrogen and oxygen atoms in total. The van der Waals surface area contributed by atoms with Crippen LogP contribution in [0.25, 0.3) is 0 Å². The molecule has 1 rings (SSSR count). The molecule has 0 aliphatic rings. The largest absolute Gasteiger partial charge is 0.293 e. The maximum atomic E-state index is 13.1. The molecule has 5 heteroatoms. The third kappa shape index (κ3) is 11.3. The van der Waals surface area contributed by atoms with Crippen LogP contribution in [0.3, 0.4) is 0 Å². The monoisotopic (exact) mass is 484 g/mol. The maximum Gasteiger partial charge on any atom is 0.176 e. The normalized spacial score (nSPS) is 13.2. The van der Waals surface area contributed by atoms with Gasteiger partial charge in [-0.15, -0.1) is 0 Å². The van der Waals surface area contributed by atoms with E-state index in [1.165, 1.54) is 51.4 Å². The molecule has 0 saturated heterocycles. The van der Waals surface area contributed by atoms with E-state index in [2.05, 4.69) is 39.1 Å². The standard InChI is InChI=1S/C26H41ClO2S2/c1-3-5-7-9-11-13-15-23(30)25(28)21-18-17-20(27)19-22(21)26(29)24(31)16-14-12-10-8-6-4-2/h17-19,23-24,30-31H,3-16H2,1-2H3. The number of hydrogen-bond donors (Lipinski definition) is 2. The molecule has 176 valence electrons. The molecule has 0 bridgehead atoms. The third-order valence-corrected chi connectivity index (χ3v) is 7.00. The second-order valence-electron chi connectivity index (χ2n) is 8.56. The van der Waals surface area contributed by atoms with Crippen molar-refractivity contribution in [1.29, 1.82) is 0 Å². The first-order valence-corrected chi connectivity index (χ1v) is 13.6. The van der Waals surface area contributed by atoms with Crippen LogP contribution in [0.5, 0.6) is 0 Å². The minimum absolute atomic E-state index is 0.0861. The van der Waals surface area contributed by atoms with Crippen LogP contribution in [-0.4, -0.2) is 22.1 Å². The van der Waals surface area contributed by atoms with Crippen LogP contribution in [0.1, 0.15) is 124 Å². The van der Waals surface area contributed by atoms with Crippen molar-refractivity contribution in [2.24, 2.45) is 0 Å². The number of rotatable bonds is 18. The van der Waals surface area contributed by atoms with Gasteiger partial charge < -0.3 is 0 Å². The summed E-state index contributed by atoms with van der Waals surface area (Å²) in [4.78, 5) is 26.1. The van der Waals surface area contributed by atoms with Gasteiger partial charge in [-0.25, -0.2) is 0 Å². The molecule has 0 aliphatic carbocycles. The quantitative estimate of drug-likeness (QED) is 0.124. The van der Waals surface area contributed by atoms with Crippen molar-refractivity contribution >= 4 is 48.4 Å². The van der Waals surface area contributed by atoms with Gasteiger partial charge in [-0.05, 0) is 31.0 Å². The summed E-state index contributed by atoms with van der Waals surface area (Å²) < 4.78 is 0. The summed E-state index contributed by atoms with van der Waals surface area (Å²) in [5.74, 6) is -0.195. The van der Waals surface area contributed by atoms with E-state index in [4.69, 9.17) is 11.6 Å². The second kappa shape index (κ2) is 17.1. The Labute approximate surface area is 206 Å². The topological polar surface area (TPSA) is 34.1 Å². The molecule has 0 aliphatic heterocycles. The van der Waals surface area contributed by atoms with Crippen LogP contribution in [0.4, 0.5) is 0 Å². The lowest BCUT2D eigenvalue weighted by Crippen LogP contribution is -2.22. The first-order valence-electron chi connectivity index (χ1n) is 12.2. The number of Topliss-reactive ketones (excluding diaryl/α,β-unsaturated/α-hetero) is 2. The molecule has 0 heterocycles. The number of unbranched alkanes of at least 4 members (excludes halogenated alkanes) is 10. The lowest BCUT2D eigenvalue weighted by molar-refractivity contribution is 0.0953. The molecular weight excluding hydrogens is 444 g/mol. The summed E-state index contributed by atoms with van der Waals surface area (Å²) in [6.07, 6.45) is 15.5. The zero-order valence-corrected chi connectivity index (χ0v) is 21.9. The van der Waals surface area contributed by atoms with E-state index in [1.54, 1.807) is 18.2 Å². The minimum Gasteiger partial charge on any atom is -0.293 e. The van der Waals surface area contributed by atoms with Gasteiger partial charge in [-0.3, -0.25) is 9.59 Å². The summed E-state index contributed by atoms with van der Waals surface area (Å²) in [7, 11) is 0. The molecule has 2 unspecified atom stereocenters. The van der Waals surface area contributed by atoms with E-state index < -0.39 is 10.5 Å². The molecule has 0 radical (unpaired) electrons. The van der Waals surface area contributed by atoms with E-state index in [9.17, 15) is 9.59 Å². The van der Waals surface area contributed by atoms with Gasteiger partial charge in [0, 0.05) is 16.1 Å². The van der Waals surface area contributed by atoms with Crippen molar-refractivity contribution in [2.75, 3.05) is 0 Å². The molecule has 0 N–H and O–H groups in total. The van der Waals surface area contributed by atoms with Crippen molar-refractivity contribution in [3.8, 4) is 0 Å². The fourth-order valence-corrected chi connectivity index (χ4v) is 4.61.